The summed E-state index contributed by atoms with van der Waals surface area (Å²) in [6.45, 7) is 4.13. The molecular formula is C19H22O2. The van der Waals surface area contributed by atoms with Crippen molar-refractivity contribution < 1.29 is 9.90 Å². The van der Waals surface area contributed by atoms with Crippen molar-refractivity contribution in [3.8, 4) is 11.1 Å². The molecule has 0 heterocycles. The van der Waals surface area contributed by atoms with Gasteiger partial charge in [0.25, 0.3) is 0 Å². The maximum absolute atomic E-state index is 11.4. The van der Waals surface area contributed by atoms with Crippen LogP contribution >= 0.6 is 0 Å². The molecular weight excluding hydrogens is 260 g/mol. The summed E-state index contributed by atoms with van der Waals surface area (Å²) >= 11 is 0. The highest BCUT2D eigenvalue weighted by atomic mass is 16.4. The van der Waals surface area contributed by atoms with Crippen LogP contribution in [-0.2, 0) is 11.2 Å². The van der Waals surface area contributed by atoms with E-state index in [9.17, 15) is 9.90 Å². The van der Waals surface area contributed by atoms with Crippen LogP contribution in [0.15, 0.2) is 54.6 Å². The van der Waals surface area contributed by atoms with E-state index < -0.39 is 5.97 Å². The van der Waals surface area contributed by atoms with Gasteiger partial charge in [0.05, 0.1) is 5.92 Å². The van der Waals surface area contributed by atoms with Crippen molar-refractivity contribution in [1.29, 1.82) is 0 Å². The Morgan fingerprint density at radius 1 is 1.00 bits per heavy atom. The molecule has 1 atom stereocenters. The van der Waals surface area contributed by atoms with E-state index in [-0.39, 0.29) is 5.92 Å². The summed E-state index contributed by atoms with van der Waals surface area (Å²) in [4.78, 5) is 11.4. The van der Waals surface area contributed by atoms with Crippen molar-refractivity contribution >= 4 is 5.97 Å². The van der Waals surface area contributed by atoms with E-state index in [1.807, 2.05) is 30.3 Å². The number of benzene rings is 2. The van der Waals surface area contributed by atoms with E-state index >= 15 is 0 Å². The predicted molar refractivity (Wildman–Crippen MR) is 86.2 cm³/mol. The van der Waals surface area contributed by atoms with E-state index in [4.69, 9.17) is 0 Å². The molecule has 1 N–H and O–H groups in total. The molecule has 2 aromatic rings. The summed E-state index contributed by atoms with van der Waals surface area (Å²) in [6, 6.07) is 18.4. The molecule has 2 heteroatoms. The van der Waals surface area contributed by atoms with Crippen LogP contribution in [0, 0.1) is 11.8 Å². The zero-order valence-corrected chi connectivity index (χ0v) is 12.6. The Hall–Kier alpha value is -2.09. The molecule has 0 aliphatic heterocycles. The average molecular weight is 282 g/mol. The topological polar surface area (TPSA) is 37.3 Å². The standard InChI is InChI=1S/C19H22O2/c1-14(2)11-18(19(20)21)13-15-7-6-10-17(12-15)16-8-4-3-5-9-16/h3-10,12,14,18H,11,13H2,1-2H3,(H,20,21). The van der Waals surface area contributed by atoms with Crippen LogP contribution in [0.2, 0.25) is 0 Å². The van der Waals surface area contributed by atoms with Gasteiger partial charge in [-0.2, -0.15) is 0 Å². The zero-order valence-electron chi connectivity index (χ0n) is 12.6. The Kier molecular flexibility index (Phi) is 5.15. The Morgan fingerprint density at radius 3 is 2.29 bits per heavy atom. The van der Waals surface area contributed by atoms with Gasteiger partial charge >= 0.3 is 5.97 Å². The lowest BCUT2D eigenvalue weighted by atomic mass is 9.90. The second kappa shape index (κ2) is 7.07. The van der Waals surface area contributed by atoms with Crippen LogP contribution in [0.3, 0.4) is 0 Å². The summed E-state index contributed by atoms with van der Waals surface area (Å²) in [5.74, 6) is -0.617. The molecule has 0 amide bonds. The summed E-state index contributed by atoms with van der Waals surface area (Å²) in [5.41, 5.74) is 3.39. The van der Waals surface area contributed by atoms with Crippen LogP contribution in [-0.4, -0.2) is 11.1 Å². The summed E-state index contributed by atoms with van der Waals surface area (Å²) < 4.78 is 0. The van der Waals surface area contributed by atoms with E-state index in [2.05, 4.69) is 38.1 Å². The zero-order chi connectivity index (χ0) is 15.2. The highest BCUT2D eigenvalue weighted by Crippen LogP contribution is 2.23. The molecule has 2 rings (SSSR count). The smallest absolute Gasteiger partial charge is 0.306 e. The Labute approximate surface area is 126 Å². The number of hydrogen-bond donors (Lipinski definition) is 1. The number of carboxylic acids is 1. The first kappa shape index (κ1) is 15.3. The van der Waals surface area contributed by atoms with E-state index in [1.165, 1.54) is 0 Å². The number of aliphatic carboxylic acids is 1. The van der Waals surface area contributed by atoms with Gasteiger partial charge in [-0.05, 0) is 35.4 Å². The largest absolute Gasteiger partial charge is 0.481 e. The van der Waals surface area contributed by atoms with Gasteiger partial charge in [0.15, 0.2) is 0 Å². The summed E-state index contributed by atoms with van der Waals surface area (Å²) in [7, 11) is 0. The third-order valence-electron chi connectivity index (χ3n) is 3.62. The molecule has 0 bridgehead atoms. The van der Waals surface area contributed by atoms with E-state index in [0.717, 1.165) is 16.7 Å². The third-order valence-corrected chi connectivity index (χ3v) is 3.62. The van der Waals surface area contributed by atoms with Gasteiger partial charge < -0.3 is 5.11 Å². The molecule has 0 aromatic heterocycles. The molecule has 0 spiro atoms. The van der Waals surface area contributed by atoms with Crippen molar-refractivity contribution in [1.82, 2.24) is 0 Å². The lowest BCUT2D eigenvalue weighted by Crippen LogP contribution is -2.18. The Bertz CT molecular complexity index is 588. The third kappa shape index (κ3) is 4.45. The maximum atomic E-state index is 11.4. The molecule has 0 fully saturated rings. The Balaban J connectivity index is 2.19. The van der Waals surface area contributed by atoms with Gasteiger partial charge in [-0.25, -0.2) is 0 Å². The molecule has 0 aliphatic rings. The summed E-state index contributed by atoms with van der Waals surface area (Å²) in [6.07, 6.45) is 1.30. The van der Waals surface area contributed by atoms with Crippen molar-refractivity contribution in [3.05, 3.63) is 60.2 Å². The van der Waals surface area contributed by atoms with Crippen molar-refractivity contribution in [2.24, 2.45) is 11.8 Å². The van der Waals surface area contributed by atoms with Crippen LogP contribution < -0.4 is 0 Å². The SMILES string of the molecule is CC(C)CC(Cc1cccc(-c2ccccc2)c1)C(=O)O. The molecule has 0 aliphatic carbocycles. The first-order valence-electron chi connectivity index (χ1n) is 7.43. The molecule has 2 aromatic carbocycles. The first-order valence-corrected chi connectivity index (χ1v) is 7.43. The van der Waals surface area contributed by atoms with E-state index in [1.54, 1.807) is 0 Å². The van der Waals surface area contributed by atoms with Gasteiger partial charge in [-0.1, -0.05) is 68.4 Å². The first-order chi connectivity index (χ1) is 10.1. The highest BCUT2D eigenvalue weighted by Gasteiger charge is 2.19. The number of hydrogen-bond acceptors (Lipinski definition) is 1. The maximum Gasteiger partial charge on any atom is 0.306 e. The fourth-order valence-electron chi connectivity index (χ4n) is 2.63. The molecule has 2 nitrogen and oxygen atoms in total. The van der Waals surface area contributed by atoms with Gasteiger partial charge in [-0.3, -0.25) is 4.79 Å². The van der Waals surface area contributed by atoms with Crippen LogP contribution in [0.4, 0.5) is 0 Å². The highest BCUT2D eigenvalue weighted by molar-refractivity contribution is 5.71. The minimum absolute atomic E-state index is 0.309. The second-order valence-electron chi connectivity index (χ2n) is 5.94. The molecule has 0 radical (unpaired) electrons. The fraction of sp³-hybridized carbons (Fsp3) is 0.316. The average Bonchev–Trinajstić information content (AvgIpc) is 2.47. The van der Waals surface area contributed by atoms with Crippen molar-refractivity contribution in [2.45, 2.75) is 26.7 Å². The monoisotopic (exact) mass is 282 g/mol. The quantitative estimate of drug-likeness (QED) is 0.837. The van der Waals surface area contributed by atoms with Crippen LogP contribution in [0.25, 0.3) is 11.1 Å². The van der Waals surface area contributed by atoms with Crippen molar-refractivity contribution in [2.75, 3.05) is 0 Å². The molecule has 0 saturated carbocycles. The van der Waals surface area contributed by atoms with E-state index in [0.29, 0.717) is 18.8 Å². The normalized spacial score (nSPS) is 12.3. The van der Waals surface area contributed by atoms with Crippen LogP contribution in [0.5, 0.6) is 0 Å². The lowest BCUT2D eigenvalue weighted by Gasteiger charge is -2.15. The van der Waals surface area contributed by atoms with Crippen LogP contribution in [0.1, 0.15) is 25.8 Å². The van der Waals surface area contributed by atoms with Crippen molar-refractivity contribution in [3.63, 3.8) is 0 Å². The lowest BCUT2D eigenvalue weighted by molar-refractivity contribution is -0.142. The predicted octanol–water partition coefficient (Wildman–Crippen LogP) is 4.64. The number of carboxylic acid groups (broad SMARTS) is 1. The fourth-order valence-corrected chi connectivity index (χ4v) is 2.63. The van der Waals surface area contributed by atoms with Gasteiger partial charge in [0.2, 0.25) is 0 Å². The minimum Gasteiger partial charge on any atom is -0.481 e. The molecule has 0 saturated heterocycles. The molecule has 1 unspecified atom stereocenters. The molecule has 21 heavy (non-hydrogen) atoms. The number of carbonyl (C=O) groups is 1. The second-order valence-corrected chi connectivity index (χ2v) is 5.94. The van der Waals surface area contributed by atoms with Gasteiger partial charge in [0, 0.05) is 0 Å². The number of rotatable bonds is 6. The van der Waals surface area contributed by atoms with Gasteiger partial charge in [-0.15, -0.1) is 0 Å². The Morgan fingerprint density at radius 2 is 1.67 bits per heavy atom. The molecule has 110 valence electrons. The summed E-state index contributed by atoms with van der Waals surface area (Å²) in [5, 5.41) is 9.37. The van der Waals surface area contributed by atoms with Gasteiger partial charge in [0.1, 0.15) is 0 Å². The minimum atomic E-state index is -0.700.